The van der Waals surface area contributed by atoms with Gasteiger partial charge in [0.2, 0.25) is 0 Å². The molecule has 116 valence electrons. The van der Waals surface area contributed by atoms with Crippen LogP contribution in [0.5, 0.6) is 0 Å². The van der Waals surface area contributed by atoms with E-state index >= 15 is 0 Å². The van der Waals surface area contributed by atoms with E-state index in [-0.39, 0.29) is 0 Å². The molecule has 2 heteroatoms. The summed E-state index contributed by atoms with van der Waals surface area (Å²) in [6, 6.07) is 16.0. The van der Waals surface area contributed by atoms with Crippen LogP contribution in [-0.2, 0) is 0 Å². The molecule has 2 atom stereocenters. The smallest absolute Gasteiger partial charge is 0.0448 e. The van der Waals surface area contributed by atoms with Crippen molar-refractivity contribution in [1.82, 2.24) is 5.32 Å². The summed E-state index contributed by atoms with van der Waals surface area (Å²) in [4.78, 5) is 2.59. The number of nitrogens with zero attached hydrogens (tertiary/aromatic N) is 1. The number of likely N-dealkylation sites (N-methyl/N-ethyl adjacent to an activating group) is 1. The van der Waals surface area contributed by atoms with Crippen LogP contribution in [0.3, 0.4) is 0 Å². The molecule has 0 aliphatic carbocycles. The molecule has 1 aliphatic heterocycles. The Labute approximate surface area is 133 Å². The number of allylic oxidation sites excluding steroid dienone is 1. The van der Waals surface area contributed by atoms with E-state index in [1.165, 1.54) is 22.9 Å². The van der Waals surface area contributed by atoms with Gasteiger partial charge in [-0.25, -0.2) is 0 Å². The van der Waals surface area contributed by atoms with Crippen LogP contribution >= 0.6 is 0 Å². The van der Waals surface area contributed by atoms with Crippen LogP contribution < -0.4 is 10.2 Å². The van der Waals surface area contributed by atoms with E-state index in [2.05, 4.69) is 71.8 Å². The Hall–Kier alpha value is -1.80. The lowest BCUT2D eigenvalue weighted by atomic mass is 9.99. The van der Waals surface area contributed by atoms with Crippen molar-refractivity contribution in [2.24, 2.45) is 5.92 Å². The first-order valence-corrected chi connectivity index (χ1v) is 8.33. The van der Waals surface area contributed by atoms with Crippen molar-refractivity contribution in [1.29, 1.82) is 0 Å². The van der Waals surface area contributed by atoms with Gasteiger partial charge >= 0.3 is 0 Å². The molecule has 0 spiro atoms. The molecule has 0 aromatic heterocycles. The number of nitrogens with one attached hydrogen (secondary N) is 1. The second kappa shape index (κ2) is 6.97. The zero-order valence-corrected chi connectivity index (χ0v) is 13.6. The first kappa shape index (κ1) is 15.1. The summed E-state index contributed by atoms with van der Waals surface area (Å²) in [5.74, 6) is 0.683. The van der Waals surface area contributed by atoms with Crippen molar-refractivity contribution in [3.05, 3.63) is 54.6 Å². The number of rotatable bonds is 3. The molecule has 0 amide bonds. The first-order chi connectivity index (χ1) is 10.8. The maximum Gasteiger partial charge on any atom is 0.0448 e. The molecule has 2 aromatic rings. The maximum atomic E-state index is 3.36. The summed E-state index contributed by atoms with van der Waals surface area (Å²) in [6.45, 7) is 4.49. The van der Waals surface area contributed by atoms with Gasteiger partial charge in [0.05, 0.1) is 0 Å². The minimum Gasteiger partial charge on any atom is -0.367 e. The lowest BCUT2D eigenvalue weighted by Gasteiger charge is -2.36. The predicted molar refractivity (Wildman–Crippen MR) is 96.5 cm³/mol. The summed E-state index contributed by atoms with van der Waals surface area (Å²) < 4.78 is 0. The van der Waals surface area contributed by atoms with Gasteiger partial charge in [0.15, 0.2) is 0 Å². The Kier molecular flexibility index (Phi) is 4.79. The number of anilines is 1. The molecule has 0 bridgehead atoms. The average molecular weight is 294 g/mol. The Bertz CT molecular complexity index is 647. The van der Waals surface area contributed by atoms with Crippen molar-refractivity contribution in [3.8, 4) is 0 Å². The molecular formula is C20H26N2. The Balaban J connectivity index is 1.96. The molecule has 2 nitrogen and oxygen atoms in total. The molecule has 0 fully saturated rings. The van der Waals surface area contributed by atoms with Gasteiger partial charge in [-0.3, -0.25) is 0 Å². The third-order valence-corrected chi connectivity index (χ3v) is 4.57. The molecule has 0 saturated heterocycles. The number of hydrogen-bond acceptors (Lipinski definition) is 2. The minimum atomic E-state index is 0.519. The highest BCUT2D eigenvalue weighted by molar-refractivity contribution is 5.85. The fraction of sp³-hybridized carbons (Fsp3) is 0.400. The van der Waals surface area contributed by atoms with Gasteiger partial charge in [0, 0.05) is 24.8 Å². The molecule has 0 saturated carbocycles. The topological polar surface area (TPSA) is 15.3 Å². The minimum absolute atomic E-state index is 0.519. The first-order valence-electron chi connectivity index (χ1n) is 8.33. The Morgan fingerprint density at radius 2 is 1.82 bits per heavy atom. The summed E-state index contributed by atoms with van der Waals surface area (Å²) in [7, 11) is 2.05. The van der Waals surface area contributed by atoms with Gasteiger partial charge in [-0.05, 0) is 48.7 Å². The Morgan fingerprint density at radius 1 is 1.05 bits per heavy atom. The summed E-state index contributed by atoms with van der Waals surface area (Å²) in [6.07, 6.45) is 6.99. The van der Waals surface area contributed by atoms with Crippen LogP contribution in [0.15, 0.2) is 54.6 Å². The van der Waals surface area contributed by atoms with E-state index in [9.17, 15) is 0 Å². The SMILES string of the molecule is CNC[C@@H]1C/C=C\C[C@H](C)CN1c1ccc2ccccc2c1. The molecule has 2 aromatic carbocycles. The zero-order chi connectivity index (χ0) is 15.4. The van der Waals surface area contributed by atoms with Crippen molar-refractivity contribution in [2.45, 2.75) is 25.8 Å². The van der Waals surface area contributed by atoms with Gasteiger partial charge in [-0.15, -0.1) is 0 Å². The Morgan fingerprint density at radius 3 is 2.64 bits per heavy atom. The largest absolute Gasteiger partial charge is 0.367 e. The van der Waals surface area contributed by atoms with Crippen LogP contribution in [-0.4, -0.2) is 26.2 Å². The van der Waals surface area contributed by atoms with E-state index in [4.69, 9.17) is 0 Å². The zero-order valence-electron chi connectivity index (χ0n) is 13.6. The lowest BCUT2D eigenvalue weighted by molar-refractivity contribution is 0.484. The van der Waals surface area contributed by atoms with E-state index < -0.39 is 0 Å². The highest BCUT2D eigenvalue weighted by atomic mass is 15.2. The highest BCUT2D eigenvalue weighted by Gasteiger charge is 2.21. The van der Waals surface area contributed by atoms with Crippen molar-refractivity contribution < 1.29 is 0 Å². The van der Waals surface area contributed by atoms with Crippen molar-refractivity contribution >= 4 is 16.5 Å². The van der Waals surface area contributed by atoms with Crippen molar-refractivity contribution in [3.63, 3.8) is 0 Å². The standard InChI is InChI=1S/C20H26N2/c1-16-7-3-6-10-20(14-21-2)22(15-16)19-12-11-17-8-4-5-9-18(17)13-19/h3-6,8-9,11-13,16,20-21H,7,10,14-15H2,1-2H3/b6-3-/t16-,20-/m0/s1. The normalized spacial score (nSPS) is 24.0. The van der Waals surface area contributed by atoms with Crippen LogP contribution in [0.1, 0.15) is 19.8 Å². The van der Waals surface area contributed by atoms with Crippen LogP contribution in [0.4, 0.5) is 5.69 Å². The lowest BCUT2D eigenvalue weighted by Crippen LogP contribution is -2.44. The molecule has 1 aliphatic rings. The second-order valence-electron chi connectivity index (χ2n) is 6.44. The van der Waals surface area contributed by atoms with E-state index in [1.54, 1.807) is 0 Å². The maximum absolute atomic E-state index is 3.36. The molecular weight excluding hydrogens is 268 g/mol. The monoisotopic (exact) mass is 294 g/mol. The van der Waals surface area contributed by atoms with Gasteiger partial charge in [-0.1, -0.05) is 49.4 Å². The summed E-state index contributed by atoms with van der Waals surface area (Å²) in [5, 5.41) is 6.01. The number of benzene rings is 2. The van der Waals surface area contributed by atoms with Gasteiger partial charge in [0.25, 0.3) is 0 Å². The third-order valence-electron chi connectivity index (χ3n) is 4.57. The molecule has 3 rings (SSSR count). The fourth-order valence-corrected chi connectivity index (χ4v) is 3.37. The molecule has 22 heavy (non-hydrogen) atoms. The molecule has 1 N–H and O–H groups in total. The fourth-order valence-electron chi connectivity index (χ4n) is 3.37. The molecule has 1 heterocycles. The highest BCUT2D eigenvalue weighted by Crippen LogP contribution is 2.27. The van der Waals surface area contributed by atoms with E-state index in [0.29, 0.717) is 12.0 Å². The quantitative estimate of drug-likeness (QED) is 0.853. The van der Waals surface area contributed by atoms with Gasteiger partial charge in [-0.2, -0.15) is 0 Å². The van der Waals surface area contributed by atoms with E-state index in [0.717, 1.165) is 19.5 Å². The van der Waals surface area contributed by atoms with E-state index in [1.807, 2.05) is 7.05 Å². The van der Waals surface area contributed by atoms with Crippen LogP contribution in [0, 0.1) is 5.92 Å². The van der Waals surface area contributed by atoms with Crippen LogP contribution in [0.2, 0.25) is 0 Å². The third kappa shape index (κ3) is 3.33. The van der Waals surface area contributed by atoms with Gasteiger partial charge < -0.3 is 10.2 Å². The average Bonchev–Trinajstić information content (AvgIpc) is 2.53. The van der Waals surface area contributed by atoms with Crippen LogP contribution in [0.25, 0.3) is 10.8 Å². The molecule has 0 radical (unpaired) electrons. The van der Waals surface area contributed by atoms with Crippen molar-refractivity contribution in [2.75, 3.05) is 25.0 Å². The number of hydrogen-bond donors (Lipinski definition) is 1. The summed E-state index contributed by atoms with van der Waals surface area (Å²) >= 11 is 0. The predicted octanol–water partition coefficient (Wildman–Crippen LogP) is 4.22. The number of fused-ring (bicyclic) bond motifs is 1. The van der Waals surface area contributed by atoms with Gasteiger partial charge in [0.1, 0.15) is 0 Å². The second-order valence-corrected chi connectivity index (χ2v) is 6.44. The summed E-state index contributed by atoms with van der Waals surface area (Å²) in [5.41, 5.74) is 1.35. The molecule has 0 unspecified atom stereocenters.